The number of nitrogens with zero attached hydrogens (tertiary/aromatic N) is 4. The molecule has 3 aromatic rings. The fraction of sp³-hybridized carbons (Fsp3) is 0.393. The Morgan fingerprint density at radius 2 is 2.08 bits per heavy atom. The van der Waals surface area contributed by atoms with Crippen molar-refractivity contribution in [3.63, 3.8) is 0 Å². The normalized spacial score (nSPS) is 14.5. The van der Waals surface area contributed by atoms with Crippen LogP contribution in [0.5, 0.6) is 6.01 Å². The van der Waals surface area contributed by atoms with Gasteiger partial charge < -0.3 is 20.4 Å². The van der Waals surface area contributed by atoms with Crippen LogP contribution in [0.15, 0.2) is 59.9 Å². The Labute approximate surface area is 212 Å². The third-order valence-corrected chi connectivity index (χ3v) is 6.35. The maximum Gasteiger partial charge on any atom is 0.328 e. The highest BCUT2D eigenvalue weighted by molar-refractivity contribution is 5.82. The Hall–Kier alpha value is -3.65. The summed E-state index contributed by atoms with van der Waals surface area (Å²) < 4.78 is 7.19. The lowest BCUT2D eigenvalue weighted by Gasteiger charge is -2.11. The molecule has 0 amide bonds. The van der Waals surface area contributed by atoms with E-state index < -0.39 is 0 Å². The molecule has 0 bridgehead atoms. The molecule has 3 heterocycles. The summed E-state index contributed by atoms with van der Waals surface area (Å²) in [5.74, 6) is 0.197. The zero-order chi connectivity index (χ0) is 25.3. The van der Waals surface area contributed by atoms with Gasteiger partial charge in [0.1, 0.15) is 5.52 Å². The van der Waals surface area contributed by atoms with Crippen LogP contribution in [0.4, 0.5) is 5.82 Å². The number of benzene rings is 1. The summed E-state index contributed by atoms with van der Waals surface area (Å²) >= 11 is 0. The second kappa shape index (κ2) is 12.4. The smallest absolute Gasteiger partial charge is 0.328 e. The molecule has 0 aliphatic carbocycles. The number of rotatable bonds is 12. The van der Waals surface area contributed by atoms with E-state index in [1.165, 1.54) is 25.9 Å². The quantitative estimate of drug-likeness (QED) is 0.287. The lowest BCUT2D eigenvalue weighted by Crippen LogP contribution is -2.19. The summed E-state index contributed by atoms with van der Waals surface area (Å²) in [6.07, 6.45) is 13.9. The number of nitrogens with two attached hydrogens (primary N) is 1. The number of aromatic amines is 1. The second-order valence-corrected chi connectivity index (χ2v) is 9.16. The van der Waals surface area contributed by atoms with Gasteiger partial charge >= 0.3 is 11.7 Å². The van der Waals surface area contributed by atoms with Crippen LogP contribution in [0.1, 0.15) is 50.2 Å². The van der Waals surface area contributed by atoms with Gasteiger partial charge in [-0.05, 0) is 61.5 Å². The van der Waals surface area contributed by atoms with Crippen molar-refractivity contribution in [3.05, 3.63) is 76.8 Å². The first-order valence-corrected chi connectivity index (χ1v) is 12.8. The third kappa shape index (κ3) is 6.51. The molecule has 1 fully saturated rings. The van der Waals surface area contributed by atoms with Crippen molar-refractivity contribution in [2.45, 2.75) is 45.6 Å². The summed E-state index contributed by atoms with van der Waals surface area (Å²) in [5, 5.41) is 0. The predicted octanol–water partition coefficient (Wildman–Crippen LogP) is 4.54. The summed E-state index contributed by atoms with van der Waals surface area (Å²) in [6.45, 7) is 10.7. The summed E-state index contributed by atoms with van der Waals surface area (Å²) in [7, 11) is 0. The molecule has 0 saturated carbocycles. The first kappa shape index (κ1) is 25.4. The van der Waals surface area contributed by atoms with E-state index in [1.807, 2.05) is 36.4 Å². The number of nitrogen functional groups attached to an aromatic ring is 1. The van der Waals surface area contributed by atoms with Crippen LogP contribution in [0, 0.1) is 0 Å². The number of anilines is 1. The maximum atomic E-state index is 12.7. The standard InChI is InChI=1S/C28H36N6O2/c1-3-4-18-36-27-31-25(29)24-26(32-27)34(28(35)30-24)20-22-13-11-14-23(19-22)21(2)12-7-5-6-8-15-33-16-9-10-17-33/h5-7,11-14,19H,2-4,8-10,15-18,20H2,1H3,(H,30,35)(H2,29,31,32)/b6-5-,12-7-. The van der Waals surface area contributed by atoms with Gasteiger partial charge in [0.2, 0.25) is 0 Å². The fourth-order valence-electron chi connectivity index (χ4n) is 4.31. The highest BCUT2D eigenvalue weighted by Crippen LogP contribution is 2.20. The zero-order valence-corrected chi connectivity index (χ0v) is 21.1. The number of likely N-dealkylation sites (tertiary alicyclic amines) is 1. The molecule has 1 saturated heterocycles. The summed E-state index contributed by atoms with van der Waals surface area (Å²) in [6, 6.07) is 8.19. The first-order chi connectivity index (χ1) is 17.5. The van der Waals surface area contributed by atoms with E-state index in [1.54, 1.807) is 4.57 Å². The topological polar surface area (TPSA) is 102 Å². The molecule has 8 nitrogen and oxygen atoms in total. The zero-order valence-electron chi connectivity index (χ0n) is 21.1. The Bertz CT molecular complexity index is 1300. The molecule has 1 aliphatic heterocycles. The number of nitrogens with one attached hydrogen (secondary N) is 1. The minimum Gasteiger partial charge on any atom is -0.463 e. The highest BCUT2D eigenvalue weighted by Gasteiger charge is 2.15. The lowest BCUT2D eigenvalue weighted by atomic mass is 10.0. The number of imidazole rings is 1. The van der Waals surface area contributed by atoms with Crippen LogP contribution < -0.4 is 16.2 Å². The maximum absolute atomic E-state index is 12.7. The molecule has 0 radical (unpaired) electrons. The van der Waals surface area contributed by atoms with E-state index in [9.17, 15) is 4.79 Å². The van der Waals surface area contributed by atoms with Gasteiger partial charge in [-0.1, -0.05) is 62.4 Å². The van der Waals surface area contributed by atoms with Crippen LogP contribution >= 0.6 is 0 Å². The number of ether oxygens (including phenoxy) is 1. The second-order valence-electron chi connectivity index (χ2n) is 9.16. The van der Waals surface area contributed by atoms with Gasteiger partial charge in [-0.25, -0.2) is 4.79 Å². The molecular formula is C28H36N6O2. The van der Waals surface area contributed by atoms with Gasteiger partial charge in [0.25, 0.3) is 0 Å². The number of hydrogen-bond donors (Lipinski definition) is 2. The van der Waals surface area contributed by atoms with Gasteiger partial charge in [-0.3, -0.25) is 4.57 Å². The van der Waals surface area contributed by atoms with Crippen LogP contribution in [0.2, 0.25) is 0 Å². The molecule has 0 atom stereocenters. The molecule has 36 heavy (non-hydrogen) atoms. The number of allylic oxidation sites excluding steroid dienone is 4. The Morgan fingerprint density at radius 1 is 1.25 bits per heavy atom. The summed E-state index contributed by atoms with van der Waals surface area (Å²) in [5.41, 5.74) is 9.49. The number of aromatic nitrogens is 4. The van der Waals surface area contributed by atoms with E-state index in [-0.39, 0.29) is 17.5 Å². The van der Waals surface area contributed by atoms with Gasteiger partial charge in [-0.15, -0.1) is 0 Å². The molecule has 2 aromatic heterocycles. The molecule has 1 aliphatic rings. The van der Waals surface area contributed by atoms with Gasteiger partial charge in [0.05, 0.1) is 13.2 Å². The molecular weight excluding hydrogens is 452 g/mol. The van der Waals surface area contributed by atoms with Crippen molar-refractivity contribution in [1.82, 2.24) is 24.4 Å². The number of unbranched alkanes of at least 4 members (excludes halogenated alkanes) is 1. The minimum absolute atomic E-state index is 0.182. The van der Waals surface area contributed by atoms with Crippen LogP contribution in [0.3, 0.4) is 0 Å². The van der Waals surface area contributed by atoms with Crippen LogP contribution in [0.25, 0.3) is 16.7 Å². The Morgan fingerprint density at radius 3 is 2.89 bits per heavy atom. The first-order valence-electron chi connectivity index (χ1n) is 12.8. The molecule has 0 spiro atoms. The van der Waals surface area contributed by atoms with E-state index >= 15 is 0 Å². The van der Waals surface area contributed by atoms with Gasteiger partial charge in [0.15, 0.2) is 11.5 Å². The van der Waals surface area contributed by atoms with Crippen LogP contribution in [-0.2, 0) is 6.54 Å². The Kier molecular flexibility index (Phi) is 8.73. The van der Waals surface area contributed by atoms with Crippen molar-refractivity contribution >= 4 is 22.6 Å². The van der Waals surface area contributed by atoms with Gasteiger partial charge in [0, 0.05) is 6.54 Å². The Balaban J connectivity index is 1.43. The third-order valence-electron chi connectivity index (χ3n) is 6.35. The van der Waals surface area contributed by atoms with Crippen LogP contribution in [-0.4, -0.2) is 50.7 Å². The van der Waals surface area contributed by atoms with E-state index in [0.29, 0.717) is 24.3 Å². The minimum atomic E-state index is -0.292. The molecule has 4 rings (SSSR count). The van der Waals surface area contributed by atoms with Crippen molar-refractivity contribution < 1.29 is 4.74 Å². The monoisotopic (exact) mass is 488 g/mol. The average Bonchev–Trinajstić information content (AvgIpc) is 3.50. The molecule has 0 unspecified atom stereocenters. The largest absolute Gasteiger partial charge is 0.463 e. The number of hydrogen-bond acceptors (Lipinski definition) is 6. The van der Waals surface area contributed by atoms with Crippen molar-refractivity contribution in [1.29, 1.82) is 0 Å². The van der Waals surface area contributed by atoms with E-state index in [0.717, 1.165) is 42.5 Å². The fourth-order valence-corrected chi connectivity index (χ4v) is 4.31. The average molecular weight is 489 g/mol. The number of fused-ring (bicyclic) bond motifs is 1. The lowest BCUT2D eigenvalue weighted by molar-refractivity contribution is 0.286. The predicted molar refractivity (Wildman–Crippen MR) is 146 cm³/mol. The molecule has 1 aromatic carbocycles. The van der Waals surface area contributed by atoms with Crippen molar-refractivity contribution in [2.24, 2.45) is 0 Å². The van der Waals surface area contributed by atoms with E-state index in [4.69, 9.17) is 10.5 Å². The van der Waals surface area contributed by atoms with Crippen molar-refractivity contribution in [3.8, 4) is 6.01 Å². The molecule has 3 N–H and O–H groups in total. The highest BCUT2D eigenvalue weighted by atomic mass is 16.5. The van der Waals surface area contributed by atoms with Gasteiger partial charge in [-0.2, -0.15) is 9.97 Å². The molecule has 8 heteroatoms. The van der Waals surface area contributed by atoms with E-state index in [2.05, 4.69) is 45.5 Å². The molecule has 190 valence electrons. The summed E-state index contributed by atoms with van der Waals surface area (Å²) in [4.78, 5) is 26.6. The number of H-pyrrole nitrogens is 1. The SMILES string of the molecule is C=C(/C=C\C=C/CCN1CCCC1)c1cccc(Cn2c(=O)[nH]c3c(N)nc(OCCCC)nc32)c1. The van der Waals surface area contributed by atoms with Crippen molar-refractivity contribution in [2.75, 3.05) is 32.0 Å².